The van der Waals surface area contributed by atoms with Crippen molar-refractivity contribution in [1.29, 1.82) is 0 Å². The molecule has 0 unspecified atom stereocenters. The Balaban J connectivity index is 0.000000324. The molecule has 0 saturated carbocycles. The lowest BCUT2D eigenvalue weighted by atomic mass is 10.1. The molecule has 7 aromatic rings. The number of halogens is 3. The van der Waals surface area contributed by atoms with Crippen molar-refractivity contribution in [1.82, 2.24) is 24.7 Å². The number of para-hydroxylation sites is 1. The van der Waals surface area contributed by atoms with E-state index in [1.54, 1.807) is 48.7 Å². The molecule has 1 aliphatic heterocycles. The van der Waals surface area contributed by atoms with Crippen LogP contribution in [-0.4, -0.2) is 43.1 Å². The van der Waals surface area contributed by atoms with Crippen LogP contribution in [0.3, 0.4) is 0 Å². The van der Waals surface area contributed by atoms with Crippen LogP contribution in [0.1, 0.15) is 30.0 Å². The van der Waals surface area contributed by atoms with Crippen molar-refractivity contribution < 1.29 is 32.5 Å². The molecule has 3 aromatic heterocycles. The molecule has 264 valence electrons. The van der Waals surface area contributed by atoms with Gasteiger partial charge in [0.15, 0.2) is 5.65 Å². The highest BCUT2D eigenvalue weighted by Gasteiger charge is 2.33. The predicted molar refractivity (Wildman–Crippen MR) is 190 cm³/mol. The van der Waals surface area contributed by atoms with E-state index in [4.69, 9.17) is 25.0 Å². The smallest absolute Gasteiger partial charge is 0.416 e. The summed E-state index contributed by atoms with van der Waals surface area (Å²) >= 11 is 0. The minimum absolute atomic E-state index is 0.0553. The van der Waals surface area contributed by atoms with Crippen LogP contribution in [-0.2, 0) is 17.5 Å². The van der Waals surface area contributed by atoms with Crippen LogP contribution in [0, 0.1) is 0 Å². The third kappa shape index (κ3) is 7.59. The maximum absolute atomic E-state index is 13.3. The standard InChI is InChI=1S/C30H26F3N5O3.C9H7NO/c31-30(32,33)25-7-2-1-4-20(25)17-40-23-5-3-6-24(16-23)41-22-10-8-19(9-11-22)27-26-28(34)35-18-36-29(26)38(37-27)21-12-14-39-15-13-21;11-8-5-1-3-7-4-2-6-10-9(7)8/h1-11,16,18,21H,12-15,17H2,(H2,34,35,36);1-6,11H. The van der Waals surface area contributed by atoms with Gasteiger partial charge in [-0.2, -0.15) is 18.3 Å². The van der Waals surface area contributed by atoms with Gasteiger partial charge in [0.1, 0.15) is 53.0 Å². The lowest BCUT2D eigenvalue weighted by Gasteiger charge is -2.22. The minimum atomic E-state index is -4.45. The van der Waals surface area contributed by atoms with Gasteiger partial charge in [0, 0.05) is 42.0 Å². The zero-order valence-corrected chi connectivity index (χ0v) is 27.7. The van der Waals surface area contributed by atoms with Gasteiger partial charge in [0.05, 0.1) is 17.0 Å². The second-order valence-corrected chi connectivity index (χ2v) is 12.0. The fraction of sp³-hybridized carbons (Fsp3) is 0.179. The number of aromatic nitrogens is 5. The maximum Gasteiger partial charge on any atom is 0.416 e. The van der Waals surface area contributed by atoms with Crippen LogP contribution in [0.2, 0.25) is 0 Å². The molecule has 1 saturated heterocycles. The molecule has 4 heterocycles. The van der Waals surface area contributed by atoms with E-state index in [1.807, 2.05) is 47.1 Å². The summed E-state index contributed by atoms with van der Waals surface area (Å²) in [6.45, 7) is 1.11. The number of ether oxygens (including phenoxy) is 3. The highest BCUT2D eigenvalue weighted by atomic mass is 19.4. The van der Waals surface area contributed by atoms with Crippen LogP contribution < -0.4 is 15.2 Å². The number of fused-ring (bicyclic) bond motifs is 2. The third-order valence-corrected chi connectivity index (χ3v) is 8.55. The van der Waals surface area contributed by atoms with E-state index in [0.717, 1.165) is 29.9 Å². The van der Waals surface area contributed by atoms with Crippen molar-refractivity contribution in [2.75, 3.05) is 18.9 Å². The number of nitrogens with two attached hydrogens (primary N) is 1. The second kappa shape index (κ2) is 15.0. The quantitative estimate of drug-likeness (QED) is 0.167. The van der Waals surface area contributed by atoms with E-state index in [1.165, 1.54) is 18.5 Å². The number of aromatic hydroxyl groups is 1. The first-order valence-electron chi connectivity index (χ1n) is 16.5. The van der Waals surface area contributed by atoms with Crippen molar-refractivity contribution in [2.45, 2.75) is 31.7 Å². The zero-order chi connectivity index (χ0) is 36.1. The summed E-state index contributed by atoms with van der Waals surface area (Å²) in [4.78, 5) is 12.7. The molecule has 0 aliphatic carbocycles. The van der Waals surface area contributed by atoms with Gasteiger partial charge in [-0.25, -0.2) is 14.6 Å². The van der Waals surface area contributed by atoms with Crippen LogP contribution >= 0.6 is 0 Å². The van der Waals surface area contributed by atoms with Crippen LogP contribution in [0.4, 0.5) is 19.0 Å². The first kappa shape index (κ1) is 34.2. The summed E-state index contributed by atoms with van der Waals surface area (Å²) in [5.74, 6) is 2.02. The first-order chi connectivity index (χ1) is 25.2. The van der Waals surface area contributed by atoms with Gasteiger partial charge >= 0.3 is 6.18 Å². The SMILES string of the molecule is Nc1ncnc2c1c(-c1ccc(Oc3cccc(OCc4ccccc4C(F)(F)F)c3)cc1)nn2C1CCOCC1.Oc1cccc2cccnc12. The molecule has 3 N–H and O–H groups in total. The zero-order valence-electron chi connectivity index (χ0n) is 27.7. The molecule has 13 heteroatoms. The van der Waals surface area contributed by atoms with Crippen LogP contribution in [0.5, 0.6) is 23.0 Å². The molecule has 0 bridgehead atoms. The normalized spacial score (nSPS) is 13.4. The summed E-state index contributed by atoms with van der Waals surface area (Å²) < 4.78 is 59.0. The number of benzene rings is 4. The van der Waals surface area contributed by atoms with Crippen LogP contribution in [0.15, 0.2) is 116 Å². The number of hydrogen-bond acceptors (Lipinski definition) is 9. The number of pyridine rings is 1. The Morgan fingerprint density at radius 3 is 2.37 bits per heavy atom. The lowest BCUT2D eigenvalue weighted by Crippen LogP contribution is -2.20. The second-order valence-electron chi connectivity index (χ2n) is 12.0. The van der Waals surface area contributed by atoms with Crippen molar-refractivity contribution in [3.8, 4) is 34.3 Å². The monoisotopic (exact) mass is 706 g/mol. The van der Waals surface area contributed by atoms with Crippen molar-refractivity contribution >= 4 is 27.8 Å². The van der Waals surface area contributed by atoms with Crippen molar-refractivity contribution in [3.63, 3.8) is 0 Å². The number of alkyl halides is 3. The fourth-order valence-electron chi connectivity index (χ4n) is 6.00. The van der Waals surface area contributed by atoms with E-state index >= 15 is 0 Å². The summed E-state index contributed by atoms with van der Waals surface area (Å²) in [6, 6.07) is 28.8. The molecule has 4 aromatic carbocycles. The number of anilines is 1. The molecule has 0 amide bonds. The molecule has 52 heavy (non-hydrogen) atoms. The first-order valence-corrected chi connectivity index (χ1v) is 16.5. The fourth-order valence-corrected chi connectivity index (χ4v) is 6.00. The molecule has 1 aliphatic rings. The average Bonchev–Trinajstić information content (AvgIpc) is 3.56. The van der Waals surface area contributed by atoms with E-state index in [9.17, 15) is 18.3 Å². The summed E-state index contributed by atoms with van der Waals surface area (Å²) in [5.41, 5.74) is 8.46. The van der Waals surface area contributed by atoms with Gasteiger partial charge in [-0.05, 0) is 67.4 Å². The van der Waals surface area contributed by atoms with Gasteiger partial charge in [0.25, 0.3) is 0 Å². The molecular weight excluding hydrogens is 673 g/mol. The molecule has 10 nitrogen and oxygen atoms in total. The van der Waals surface area contributed by atoms with E-state index in [0.29, 0.717) is 58.5 Å². The van der Waals surface area contributed by atoms with Crippen molar-refractivity contribution in [3.05, 3.63) is 127 Å². The summed E-state index contributed by atoms with van der Waals surface area (Å²) in [7, 11) is 0. The number of nitrogens with zero attached hydrogens (tertiary/aromatic N) is 5. The molecule has 0 radical (unpaired) electrons. The number of hydrogen-bond donors (Lipinski definition) is 2. The maximum atomic E-state index is 13.3. The number of rotatable bonds is 7. The highest BCUT2D eigenvalue weighted by Crippen LogP contribution is 2.36. The predicted octanol–water partition coefficient (Wildman–Crippen LogP) is 8.76. The number of nitrogen functional groups attached to an aromatic ring is 1. The lowest BCUT2D eigenvalue weighted by molar-refractivity contribution is -0.138. The Morgan fingerprint density at radius 2 is 1.58 bits per heavy atom. The third-order valence-electron chi connectivity index (χ3n) is 8.55. The van der Waals surface area contributed by atoms with Crippen molar-refractivity contribution in [2.24, 2.45) is 0 Å². The Morgan fingerprint density at radius 1 is 0.827 bits per heavy atom. The van der Waals surface area contributed by atoms with Gasteiger partial charge in [0.2, 0.25) is 0 Å². The van der Waals surface area contributed by atoms with E-state index in [2.05, 4.69) is 15.0 Å². The Hall–Kier alpha value is -6.21. The van der Waals surface area contributed by atoms with Gasteiger partial charge < -0.3 is 25.1 Å². The topological polar surface area (TPSA) is 130 Å². The average molecular weight is 707 g/mol. The number of phenols is 1. The highest BCUT2D eigenvalue weighted by molar-refractivity contribution is 5.98. The molecular formula is C39H33F3N6O4. The Kier molecular flexibility index (Phi) is 9.85. The van der Waals surface area contributed by atoms with Gasteiger partial charge in [-0.1, -0.05) is 42.5 Å². The van der Waals surface area contributed by atoms with E-state index in [-0.39, 0.29) is 24.0 Å². The minimum Gasteiger partial charge on any atom is -0.506 e. The Bertz CT molecular complexity index is 2300. The largest absolute Gasteiger partial charge is 0.506 e. The molecule has 8 rings (SSSR count). The summed E-state index contributed by atoms with van der Waals surface area (Å²) in [5, 5.41) is 15.9. The van der Waals surface area contributed by atoms with Crippen LogP contribution in [0.25, 0.3) is 33.2 Å². The van der Waals surface area contributed by atoms with E-state index < -0.39 is 11.7 Å². The summed E-state index contributed by atoms with van der Waals surface area (Å²) in [6.07, 6.45) is 0.338. The molecule has 0 atom stereocenters. The van der Waals surface area contributed by atoms with Gasteiger partial charge in [-0.3, -0.25) is 4.98 Å². The molecule has 0 spiro atoms. The molecule has 1 fully saturated rings. The Labute approximate surface area is 296 Å². The number of phenolic OH excluding ortho intramolecular Hbond substituents is 1. The van der Waals surface area contributed by atoms with Gasteiger partial charge in [-0.15, -0.1) is 0 Å².